The second-order valence-corrected chi connectivity index (χ2v) is 8.88. The van der Waals surface area contributed by atoms with Crippen LogP contribution in [0.2, 0.25) is 0 Å². The van der Waals surface area contributed by atoms with E-state index in [1.807, 2.05) is 30.3 Å². The van der Waals surface area contributed by atoms with Crippen LogP contribution in [0.25, 0.3) is 0 Å². The van der Waals surface area contributed by atoms with Crippen LogP contribution in [0.3, 0.4) is 0 Å². The van der Waals surface area contributed by atoms with Crippen molar-refractivity contribution in [2.45, 2.75) is 17.7 Å². The van der Waals surface area contributed by atoms with Gasteiger partial charge < -0.3 is 10.2 Å². The van der Waals surface area contributed by atoms with E-state index in [-0.39, 0.29) is 62.3 Å². The average Bonchev–Trinajstić information content (AvgIpc) is 2.74. The Hall–Kier alpha value is -2.78. The van der Waals surface area contributed by atoms with Gasteiger partial charge in [0.15, 0.2) is 0 Å². The van der Waals surface area contributed by atoms with Crippen molar-refractivity contribution in [2.75, 3.05) is 32.7 Å². The molecule has 160 valence electrons. The number of halogens is 1. The van der Waals surface area contributed by atoms with Gasteiger partial charge in [-0.1, -0.05) is 42.5 Å². The lowest BCUT2D eigenvalue weighted by Crippen LogP contribution is -2.51. The molecule has 30 heavy (non-hydrogen) atoms. The molecule has 9 heteroatoms. The van der Waals surface area contributed by atoms with Crippen molar-refractivity contribution in [1.29, 1.82) is 0 Å². The first-order valence-corrected chi connectivity index (χ1v) is 11.1. The van der Waals surface area contributed by atoms with Crippen LogP contribution in [-0.4, -0.2) is 62.2 Å². The molecule has 1 saturated heterocycles. The summed E-state index contributed by atoms with van der Waals surface area (Å²) in [5.41, 5.74) is 0.897. The van der Waals surface area contributed by atoms with Gasteiger partial charge >= 0.3 is 0 Å². The third-order valence-electron chi connectivity index (χ3n) is 4.91. The van der Waals surface area contributed by atoms with E-state index < -0.39 is 15.8 Å². The highest BCUT2D eigenvalue weighted by molar-refractivity contribution is 7.89. The number of carbonyl (C=O) groups is 2. The van der Waals surface area contributed by atoms with Crippen molar-refractivity contribution in [3.05, 3.63) is 66.0 Å². The Morgan fingerprint density at radius 2 is 1.57 bits per heavy atom. The lowest BCUT2D eigenvalue weighted by atomic mass is 10.1. The molecule has 7 nitrogen and oxygen atoms in total. The van der Waals surface area contributed by atoms with Gasteiger partial charge in [-0.05, 0) is 17.7 Å². The highest BCUT2D eigenvalue weighted by Gasteiger charge is 2.31. The normalized spacial score (nSPS) is 15.0. The zero-order chi connectivity index (χ0) is 21.6. The predicted octanol–water partition coefficient (Wildman–Crippen LogP) is 1.41. The molecule has 2 aromatic rings. The van der Waals surface area contributed by atoms with Crippen LogP contribution in [0.5, 0.6) is 0 Å². The van der Waals surface area contributed by atoms with Gasteiger partial charge in [-0.3, -0.25) is 9.59 Å². The number of sulfonamides is 1. The molecule has 1 heterocycles. The molecule has 0 unspecified atom stereocenters. The number of rotatable bonds is 7. The Bertz CT molecular complexity index is 990. The van der Waals surface area contributed by atoms with Crippen LogP contribution in [0.4, 0.5) is 4.39 Å². The van der Waals surface area contributed by atoms with Gasteiger partial charge in [0.2, 0.25) is 21.8 Å². The smallest absolute Gasteiger partial charge is 0.246 e. The summed E-state index contributed by atoms with van der Waals surface area (Å²) in [6, 6.07) is 14.6. The summed E-state index contributed by atoms with van der Waals surface area (Å²) >= 11 is 0. The molecule has 1 N–H and O–H groups in total. The second-order valence-electron chi connectivity index (χ2n) is 6.98. The number of nitrogens with one attached hydrogen (secondary N) is 1. The largest absolute Gasteiger partial charge is 0.355 e. The van der Waals surface area contributed by atoms with Crippen molar-refractivity contribution in [2.24, 2.45) is 0 Å². The summed E-state index contributed by atoms with van der Waals surface area (Å²) in [4.78, 5) is 25.5. The standard InChI is InChI=1S/C21H24FN3O4S/c22-18-8-4-5-9-19(18)30(28,29)25-14-12-24(13-15-25)21(27)10-11-23-20(26)16-17-6-2-1-3-7-17/h1-9H,10-16H2,(H,23,26). The number of nitrogens with zero attached hydrogens (tertiary/aromatic N) is 2. The lowest BCUT2D eigenvalue weighted by Gasteiger charge is -2.34. The molecular weight excluding hydrogens is 409 g/mol. The van der Waals surface area contributed by atoms with Gasteiger partial charge in [0.25, 0.3) is 0 Å². The fraction of sp³-hybridized carbons (Fsp3) is 0.333. The maximum atomic E-state index is 13.9. The van der Waals surface area contributed by atoms with Gasteiger partial charge in [-0.2, -0.15) is 4.31 Å². The van der Waals surface area contributed by atoms with E-state index in [1.165, 1.54) is 22.5 Å². The lowest BCUT2D eigenvalue weighted by molar-refractivity contribution is -0.132. The Labute approximate surface area is 175 Å². The molecule has 2 amide bonds. The van der Waals surface area contributed by atoms with E-state index in [0.29, 0.717) is 0 Å². The SMILES string of the molecule is O=C(Cc1ccccc1)NCCC(=O)N1CCN(S(=O)(=O)c2ccccc2F)CC1. The number of hydrogen-bond donors (Lipinski definition) is 1. The minimum absolute atomic E-state index is 0.1000. The van der Waals surface area contributed by atoms with Gasteiger partial charge in [0, 0.05) is 39.1 Å². The molecule has 0 aliphatic carbocycles. The number of carbonyl (C=O) groups excluding carboxylic acids is 2. The molecule has 1 aliphatic heterocycles. The quantitative estimate of drug-likeness (QED) is 0.715. The van der Waals surface area contributed by atoms with Gasteiger partial charge in [0.05, 0.1) is 6.42 Å². The van der Waals surface area contributed by atoms with E-state index in [1.54, 1.807) is 4.90 Å². The van der Waals surface area contributed by atoms with E-state index in [4.69, 9.17) is 0 Å². The number of piperazine rings is 1. The summed E-state index contributed by atoms with van der Waals surface area (Å²) in [5.74, 6) is -1.10. The number of amides is 2. The molecular formula is C21H24FN3O4S. The monoisotopic (exact) mass is 433 g/mol. The minimum atomic E-state index is -3.94. The first kappa shape index (κ1) is 21.9. The van der Waals surface area contributed by atoms with Gasteiger partial charge in [-0.25, -0.2) is 12.8 Å². The number of benzene rings is 2. The van der Waals surface area contributed by atoms with Crippen molar-refractivity contribution < 1.29 is 22.4 Å². The second kappa shape index (κ2) is 9.82. The highest BCUT2D eigenvalue weighted by atomic mass is 32.2. The highest BCUT2D eigenvalue weighted by Crippen LogP contribution is 2.20. The molecule has 0 radical (unpaired) electrons. The van der Waals surface area contributed by atoms with Crippen LogP contribution in [0.15, 0.2) is 59.5 Å². The van der Waals surface area contributed by atoms with Crippen LogP contribution in [0.1, 0.15) is 12.0 Å². The van der Waals surface area contributed by atoms with Crippen LogP contribution in [0, 0.1) is 5.82 Å². The third-order valence-corrected chi connectivity index (χ3v) is 6.85. The van der Waals surface area contributed by atoms with E-state index in [0.717, 1.165) is 11.6 Å². The average molecular weight is 434 g/mol. The first-order chi connectivity index (χ1) is 14.4. The molecule has 0 saturated carbocycles. The van der Waals surface area contributed by atoms with E-state index in [2.05, 4.69) is 5.32 Å². The minimum Gasteiger partial charge on any atom is -0.355 e. The van der Waals surface area contributed by atoms with Crippen molar-refractivity contribution in [3.63, 3.8) is 0 Å². The zero-order valence-corrected chi connectivity index (χ0v) is 17.3. The molecule has 1 fully saturated rings. The summed E-state index contributed by atoms with van der Waals surface area (Å²) in [6.45, 7) is 0.874. The van der Waals surface area contributed by atoms with E-state index in [9.17, 15) is 22.4 Å². The summed E-state index contributed by atoms with van der Waals surface area (Å²) < 4.78 is 40.3. The molecule has 0 spiro atoms. The van der Waals surface area contributed by atoms with Crippen molar-refractivity contribution >= 4 is 21.8 Å². The summed E-state index contributed by atoms with van der Waals surface area (Å²) in [7, 11) is -3.94. The Morgan fingerprint density at radius 3 is 2.23 bits per heavy atom. The fourth-order valence-electron chi connectivity index (χ4n) is 3.28. The zero-order valence-electron chi connectivity index (χ0n) is 16.5. The Kier molecular flexibility index (Phi) is 7.17. The maximum absolute atomic E-state index is 13.9. The Morgan fingerprint density at radius 1 is 0.933 bits per heavy atom. The molecule has 0 atom stereocenters. The molecule has 1 aliphatic rings. The molecule has 0 aromatic heterocycles. The Balaban J connectivity index is 1.44. The summed E-state index contributed by atoms with van der Waals surface area (Å²) in [6.07, 6.45) is 0.391. The molecule has 0 bridgehead atoms. The van der Waals surface area contributed by atoms with Crippen molar-refractivity contribution in [3.8, 4) is 0 Å². The van der Waals surface area contributed by atoms with Crippen LogP contribution < -0.4 is 5.32 Å². The fourth-order valence-corrected chi connectivity index (χ4v) is 4.77. The van der Waals surface area contributed by atoms with Gasteiger partial charge in [-0.15, -0.1) is 0 Å². The molecule has 2 aromatic carbocycles. The number of hydrogen-bond acceptors (Lipinski definition) is 4. The predicted molar refractivity (Wildman–Crippen MR) is 110 cm³/mol. The molecule has 3 rings (SSSR count). The van der Waals surface area contributed by atoms with Gasteiger partial charge in [0.1, 0.15) is 10.7 Å². The summed E-state index contributed by atoms with van der Waals surface area (Å²) in [5, 5.41) is 2.73. The maximum Gasteiger partial charge on any atom is 0.246 e. The van der Waals surface area contributed by atoms with Crippen LogP contribution in [-0.2, 0) is 26.0 Å². The third kappa shape index (κ3) is 5.43. The van der Waals surface area contributed by atoms with Crippen molar-refractivity contribution in [1.82, 2.24) is 14.5 Å². The van der Waals surface area contributed by atoms with Crippen LogP contribution >= 0.6 is 0 Å². The van der Waals surface area contributed by atoms with E-state index >= 15 is 0 Å². The topological polar surface area (TPSA) is 86.8 Å². The first-order valence-electron chi connectivity index (χ1n) is 9.71.